The molecular weight excluding hydrogens is 414 g/mol. The second-order valence-electron chi connectivity index (χ2n) is 6.74. The minimum absolute atomic E-state index is 0.389. The van der Waals surface area contributed by atoms with E-state index in [2.05, 4.69) is 15.9 Å². The summed E-state index contributed by atoms with van der Waals surface area (Å²) in [7, 11) is 0. The van der Waals surface area contributed by atoms with Gasteiger partial charge in [0, 0.05) is 15.4 Å². The Morgan fingerprint density at radius 2 is 1.64 bits per heavy atom. The van der Waals surface area contributed by atoms with E-state index in [9.17, 15) is 4.79 Å². The van der Waals surface area contributed by atoms with Gasteiger partial charge in [-0.15, -0.1) is 0 Å². The number of esters is 1. The fraction of sp³-hybridized carbons (Fsp3) is 0.0833. The molecule has 4 rings (SSSR count). The van der Waals surface area contributed by atoms with E-state index >= 15 is 0 Å². The summed E-state index contributed by atoms with van der Waals surface area (Å²) in [6.07, 6.45) is 0. The molecule has 0 saturated carbocycles. The van der Waals surface area contributed by atoms with E-state index in [1.807, 2.05) is 74.5 Å². The number of para-hydroxylation sites is 1. The molecule has 1 heterocycles. The first-order valence-electron chi connectivity index (χ1n) is 8.96. The lowest BCUT2D eigenvalue weighted by Crippen LogP contribution is -2.10. The zero-order valence-electron chi connectivity index (χ0n) is 15.6. The third-order valence-corrected chi connectivity index (χ3v) is 5.16. The number of carbonyl (C=O) groups excluding carboxylic acids is 1. The molecule has 0 aliphatic rings. The van der Waals surface area contributed by atoms with Crippen LogP contribution in [0.1, 0.15) is 21.5 Å². The van der Waals surface area contributed by atoms with Crippen molar-refractivity contribution in [2.24, 2.45) is 0 Å². The number of aryl methyl sites for hydroxylation is 2. The van der Waals surface area contributed by atoms with E-state index in [0.717, 1.165) is 37.8 Å². The molecule has 0 aliphatic heterocycles. The molecule has 138 valence electrons. The zero-order valence-corrected chi connectivity index (χ0v) is 17.2. The van der Waals surface area contributed by atoms with Gasteiger partial charge in [-0.1, -0.05) is 64.0 Å². The SMILES string of the molecule is Cc1ccc(OC(=O)c2cc(-c3ccc(Br)cc3)nc3c(C)cccc23)cc1. The van der Waals surface area contributed by atoms with Crippen molar-refractivity contribution < 1.29 is 9.53 Å². The Balaban J connectivity index is 1.83. The van der Waals surface area contributed by atoms with Crippen molar-refractivity contribution in [3.05, 3.63) is 94.0 Å². The summed E-state index contributed by atoms with van der Waals surface area (Å²) in [5, 5.41) is 0.790. The van der Waals surface area contributed by atoms with Gasteiger partial charge >= 0.3 is 5.97 Å². The van der Waals surface area contributed by atoms with Crippen LogP contribution in [0.25, 0.3) is 22.2 Å². The molecule has 0 saturated heterocycles. The van der Waals surface area contributed by atoms with Crippen LogP contribution < -0.4 is 4.74 Å². The number of pyridine rings is 1. The standard InChI is InChI=1S/C24H18BrNO2/c1-15-6-12-19(13-7-15)28-24(27)21-14-22(17-8-10-18(25)11-9-17)26-23-16(2)4-3-5-20(21)23/h3-14H,1-2H3. The summed E-state index contributed by atoms with van der Waals surface area (Å²) < 4.78 is 6.63. The summed E-state index contributed by atoms with van der Waals surface area (Å²) in [4.78, 5) is 17.8. The average Bonchev–Trinajstić information content (AvgIpc) is 2.70. The average molecular weight is 432 g/mol. The van der Waals surface area contributed by atoms with Gasteiger partial charge in [0.15, 0.2) is 0 Å². The quantitative estimate of drug-likeness (QED) is 0.274. The van der Waals surface area contributed by atoms with Gasteiger partial charge in [-0.25, -0.2) is 9.78 Å². The monoisotopic (exact) mass is 431 g/mol. The predicted molar refractivity (Wildman–Crippen MR) is 116 cm³/mol. The van der Waals surface area contributed by atoms with Crippen LogP contribution in [-0.4, -0.2) is 11.0 Å². The summed E-state index contributed by atoms with van der Waals surface area (Å²) in [5.74, 6) is 0.138. The van der Waals surface area contributed by atoms with Crippen LogP contribution in [0.15, 0.2) is 77.3 Å². The van der Waals surface area contributed by atoms with E-state index < -0.39 is 0 Å². The van der Waals surface area contributed by atoms with Crippen LogP contribution >= 0.6 is 15.9 Å². The highest BCUT2D eigenvalue weighted by molar-refractivity contribution is 9.10. The number of carbonyl (C=O) groups is 1. The second kappa shape index (κ2) is 7.56. The molecule has 0 bridgehead atoms. The first-order chi connectivity index (χ1) is 13.5. The molecule has 1 aromatic heterocycles. The molecule has 28 heavy (non-hydrogen) atoms. The fourth-order valence-corrected chi connectivity index (χ4v) is 3.36. The number of fused-ring (bicyclic) bond motifs is 1. The van der Waals surface area contributed by atoms with Crippen molar-refractivity contribution in [2.45, 2.75) is 13.8 Å². The third kappa shape index (κ3) is 3.69. The van der Waals surface area contributed by atoms with E-state index in [4.69, 9.17) is 9.72 Å². The van der Waals surface area contributed by atoms with E-state index in [0.29, 0.717) is 11.3 Å². The van der Waals surface area contributed by atoms with Crippen molar-refractivity contribution >= 4 is 32.8 Å². The molecule has 0 fully saturated rings. The maximum absolute atomic E-state index is 13.0. The van der Waals surface area contributed by atoms with Gasteiger partial charge in [-0.3, -0.25) is 0 Å². The Kier molecular flexibility index (Phi) is 4.97. The smallest absolute Gasteiger partial charge is 0.344 e. The van der Waals surface area contributed by atoms with Crippen LogP contribution in [0.4, 0.5) is 0 Å². The molecule has 0 spiro atoms. The largest absolute Gasteiger partial charge is 0.423 e. The molecule has 4 aromatic rings. The van der Waals surface area contributed by atoms with Crippen molar-refractivity contribution in [3.8, 4) is 17.0 Å². The Labute approximate surface area is 172 Å². The Hall–Kier alpha value is -2.98. The second-order valence-corrected chi connectivity index (χ2v) is 7.65. The van der Waals surface area contributed by atoms with E-state index in [1.165, 1.54) is 0 Å². The van der Waals surface area contributed by atoms with Gasteiger partial charge in [0.2, 0.25) is 0 Å². The number of hydrogen-bond donors (Lipinski definition) is 0. The molecule has 3 nitrogen and oxygen atoms in total. The van der Waals surface area contributed by atoms with Crippen molar-refractivity contribution in [1.29, 1.82) is 0 Å². The van der Waals surface area contributed by atoms with Crippen LogP contribution in [0, 0.1) is 13.8 Å². The number of aromatic nitrogens is 1. The Bertz CT molecular complexity index is 1170. The first kappa shape index (κ1) is 18.4. The molecule has 0 N–H and O–H groups in total. The van der Waals surface area contributed by atoms with E-state index in [-0.39, 0.29) is 5.97 Å². The minimum atomic E-state index is -0.389. The lowest BCUT2D eigenvalue weighted by atomic mass is 10.0. The number of nitrogens with zero attached hydrogens (tertiary/aromatic N) is 1. The van der Waals surface area contributed by atoms with Gasteiger partial charge in [0.05, 0.1) is 16.8 Å². The summed E-state index contributed by atoms with van der Waals surface area (Å²) in [6, 6.07) is 23.0. The van der Waals surface area contributed by atoms with Crippen molar-refractivity contribution in [2.75, 3.05) is 0 Å². The predicted octanol–water partition coefficient (Wildman–Crippen LogP) is 6.50. The zero-order chi connectivity index (χ0) is 19.7. The summed E-state index contributed by atoms with van der Waals surface area (Å²) in [5.41, 5.74) is 5.12. The van der Waals surface area contributed by atoms with Crippen LogP contribution in [0.2, 0.25) is 0 Å². The number of rotatable bonds is 3. The van der Waals surface area contributed by atoms with Gasteiger partial charge in [-0.2, -0.15) is 0 Å². The van der Waals surface area contributed by atoms with Crippen LogP contribution in [0.5, 0.6) is 5.75 Å². The molecule has 0 atom stereocenters. The lowest BCUT2D eigenvalue weighted by Gasteiger charge is -2.11. The molecule has 3 aromatic carbocycles. The van der Waals surface area contributed by atoms with Gasteiger partial charge in [0.25, 0.3) is 0 Å². The van der Waals surface area contributed by atoms with Crippen LogP contribution in [0.3, 0.4) is 0 Å². The first-order valence-corrected chi connectivity index (χ1v) is 9.76. The minimum Gasteiger partial charge on any atom is -0.423 e. The van der Waals surface area contributed by atoms with Gasteiger partial charge in [-0.05, 0) is 49.7 Å². The maximum Gasteiger partial charge on any atom is 0.344 e. The number of hydrogen-bond acceptors (Lipinski definition) is 3. The summed E-state index contributed by atoms with van der Waals surface area (Å²) in [6.45, 7) is 3.99. The Morgan fingerprint density at radius 1 is 0.929 bits per heavy atom. The molecule has 0 aliphatic carbocycles. The van der Waals surface area contributed by atoms with E-state index in [1.54, 1.807) is 12.1 Å². The molecule has 0 unspecified atom stereocenters. The third-order valence-electron chi connectivity index (χ3n) is 4.63. The van der Waals surface area contributed by atoms with Crippen molar-refractivity contribution in [1.82, 2.24) is 4.98 Å². The maximum atomic E-state index is 13.0. The van der Waals surface area contributed by atoms with Gasteiger partial charge < -0.3 is 4.74 Å². The highest BCUT2D eigenvalue weighted by Gasteiger charge is 2.17. The number of halogens is 1. The fourth-order valence-electron chi connectivity index (χ4n) is 3.10. The number of benzene rings is 3. The topological polar surface area (TPSA) is 39.2 Å². The highest BCUT2D eigenvalue weighted by Crippen LogP contribution is 2.28. The number of ether oxygens (including phenoxy) is 1. The van der Waals surface area contributed by atoms with Gasteiger partial charge in [0.1, 0.15) is 5.75 Å². The molecule has 0 amide bonds. The Morgan fingerprint density at radius 3 is 2.36 bits per heavy atom. The molecular formula is C24H18BrNO2. The highest BCUT2D eigenvalue weighted by atomic mass is 79.9. The normalized spacial score (nSPS) is 10.8. The molecule has 0 radical (unpaired) electrons. The summed E-state index contributed by atoms with van der Waals surface area (Å²) >= 11 is 3.45. The van der Waals surface area contributed by atoms with Crippen molar-refractivity contribution in [3.63, 3.8) is 0 Å². The lowest BCUT2D eigenvalue weighted by molar-refractivity contribution is 0.0737. The van der Waals surface area contributed by atoms with Crippen LogP contribution in [-0.2, 0) is 0 Å². The molecule has 4 heteroatoms.